The number of carbonyl (C=O) groups excluding carboxylic acids is 1. The molecule has 1 aliphatic rings. The third-order valence-electron chi connectivity index (χ3n) is 3.34. The molecule has 1 heterocycles. The van der Waals surface area contributed by atoms with Gasteiger partial charge >= 0.3 is 18.2 Å². The fourth-order valence-electron chi connectivity index (χ4n) is 2.22. The van der Waals surface area contributed by atoms with E-state index in [0.717, 1.165) is 4.90 Å². The summed E-state index contributed by atoms with van der Waals surface area (Å²) in [5.74, 6) is -2.71. The zero-order chi connectivity index (χ0) is 15.3. The van der Waals surface area contributed by atoms with Gasteiger partial charge in [0.05, 0.1) is 5.92 Å². The number of hydrogen-bond acceptors (Lipinski definition) is 2. The van der Waals surface area contributed by atoms with Gasteiger partial charge in [-0.05, 0) is 19.3 Å². The lowest BCUT2D eigenvalue weighted by molar-refractivity contribution is -0.184. The lowest BCUT2D eigenvalue weighted by Gasteiger charge is -2.34. The van der Waals surface area contributed by atoms with Crippen molar-refractivity contribution in [1.82, 2.24) is 10.2 Å². The number of rotatable bonds is 4. The Balaban J connectivity index is 2.60. The highest BCUT2D eigenvalue weighted by Crippen LogP contribution is 2.33. The topological polar surface area (TPSA) is 69.6 Å². The third kappa shape index (κ3) is 4.57. The van der Waals surface area contributed by atoms with E-state index in [9.17, 15) is 22.8 Å². The fraction of sp³-hybridized carbons (Fsp3) is 0.833. The predicted octanol–water partition coefficient (Wildman–Crippen LogP) is 2.22. The standard InChI is InChI=1S/C12H19F3N2O3/c1-2-4-9(10(18)19)16-11(20)17-6-3-5-8(7-17)12(13,14)15/h8-9H,2-7H2,1H3,(H,16,20)(H,18,19)/t8?,9-/m0/s1. The summed E-state index contributed by atoms with van der Waals surface area (Å²) in [4.78, 5) is 23.8. The molecule has 1 aliphatic heterocycles. The van der Waals surface area contributed by atoms with Crippen LogP contribution in [0.2, 0.25) is 0 Å². The maximum atomic E-state index is 12.6. The van der Waals surface area contributed by atoms with Crippen LogP contribution in [0.1, 0.15) is 32.6 Å². The first-order chi connectivity index (χ1) is 9.25. The van der Waals surface area contributed by atoms with Crippen LogP contribution >= 0.6 is 0 Å². The van der Waals surface area contributed by atoms with Gasteiger partial charge in [0.25, 0.3) is 0 Å². The van der Waals surface area contributed by atoms with Gasteiger partial charge < -0.3 is 15.3 Å². The first kappa shape index (κ1) is 16.6. The number of hydrogen-bond donors (Lipinski definition) is 2. The number of alkyl halides is 3. The van der Waals surface area contributed by atoms with Crippen LogP contribution in [0.5, 0.6) is 0 Å². The minimum Gasteiger partial charge on any atom is -0.480 e. The molecule has 20 heavy (non-hydrogen) atoms. The van der Waals surface area contributed by atoms with E-state index < -0.39 is 36.7 Å². The molecule has 0 aliphatic carbocycles. The van der Waals surface area contributed by atoms with Gasteiger partial charge in [0, 0.05) is 13.1 Å². The highest BCUT2D eigenvalue weighted by molar-refractivity contribution is 5.82. The summed E-state index contributed by atoms with van der Waals surface area (Å²) in [5, 5.41) is 11.2. The second kappa shape index (κ2) is 6.81. The van der Waals surface area contributed by atoms with E-state index >= 15 is 0 Å². The molecule has 0 spiro atoms. The van der Waals surface area contributed by atoms with E-state index in [1.165, 1.54) is 0 Å². The summed E-state index contributed by atoms with van der Waals surface area (Å²) < 4.78 is 37.9. The van der Waals surface area contributed by atoms with Crippen molar-refractivity contribution in [2.45, 2.75) is 44.8 Å². The minimum atomic E-state index is -4.32. The van der Waals surface area contributed by atoms with Crippen LogP contribution in [0.3, 0.4) is 0 Å². The van der Waals surface area contributed by atoms with Gasteiger partial charge in [0.2, 0.25) is 0 Å². The molecular weight excluding hydrogens is 277 g/mol. The third-order valence-corrected chi connectivity index (χ3v) is 3.34. The summed E-state index contributed by atoms with van der Waals surface area (Å²) in [5.41, 5.74) is 0. The zero-order valence-corrected chi connectivity index (χ0v) is 11.2. The summed E-state index contributed by atoms with van der Waals surface area (Å²) in [6, 6.07) is -1.79. The molecule has 1 rings (SSSR count). The molecule has 0 aromatic carbocycles. The van der Waals surface area contributed by atoms with Crippen LogP contribution in [0.4, 0.5) is 18.0 Å². The highest BCUT2D eigenvalue weighted by atomic mass is 19.4. The molecule has 2 atom stereocenters. The molecule has 1 saturated heterocycles. The predicted molar refractivity (Wildman–Crippen MR) is 65.2 cm³/mol. The SMILES string of the molecule is CCC[C@H](NC(=O)N1CCCC(C(F)(F)F)C1)C(=O)O. The Bertz CT molecular complexity index is 360. The minimum absolute atomic E-state index is 0.00456. The Morgan fingerprint density at radius 2 is 2.10 bits per heavy atom. The largest absolute Gasteiger partial charge is 0.480 e. The van der Waals surface area contributed by atoms with E-state index in [1.54, 1.807) is 6.92 Å². The Labute approximate surface area is 115 Å². The molecule has 0 bridgehead atoms. The number of nitrogens with one attached hydrogen (secondary N) is 1. The quantitative estimate of drug-likeness (QED) is 0.835. The van der Waals surface area contributed by atoms with E-state index in [2.05, 4.69) is 5.32 Å². The Hall–Kier alpha value is -1.47. The number of piperidine rings is 1. The van der Waals surface area contributed by atoms with Gasteiger partial charge in [-0.15, -0.1) is 0 Å². The van der Waals surface area contributed by atoms with E-state index in [-0.39, 0.29) is 25.8 Å². The number of carboxylic acids is 1. The van der Waals surface area contributed by atoms with E-state index in [4.69, 9.17) is 5.11 Å². The van der Waals surface area contributed by atoms with Gasteiger partial charge in [-0.3, -0.25) is 0 Å². The van der Waals surface area contributed by atoms with Crippen LogP contribution in [-0.4, -0.2) is 47.3 Å². The average Bonchev–Trinajstić information content (AvgIpc) is 2.37. The normalized spacial score (nSPS) is 21.4. The molecule has 0 radical (unpaired) electrons. The van der Waals surface area contributed by atoms with Crippen LogP contribution in [0.15, 0.2) is 0 Å². The molecule has 0 aromatic rings. The number of nitrogens with zero attached hydrogens (tertiary/aromatic N) is 1. The highest BCUT2D eigenvalue weighted by Gasteiger charge is 2.42. The maximum Gasteiger partial charge on any atom is 0.393 e. The van der Waals surface area contributed by atoms with E-state index in [0.29, 0.717) is 6.42 Å². The number of likely N-dealkylation sites (tertiary alicyclic amines) is 1. The Morgan fingerprint density at radius 1 is 1.45 bits per heavy atom. The van der Waals surface area contributed by atoms with Gasteiger partial charge in [0.1, 0.15) is 6.04 Å². The molecular formula is C12H19F3N2O3. The van der Waals surface area contributed by atoms with E-state index in [1.807, 2.05) is 0 Å². The summed E-state index contributed by atoms with van der Waals surface area (Å²) in [6.07, 6.45) is -3.25. The number of carbonyl (C=O) groups is 2. The van der Waals surface area contributed by atoms with Crippen molar-refractivity contribution < 1.29 is 27.9 Å². The molecule has 2 N–H and O–H groups in total. The fourth-order valence-corrected chi connectivity index (χ4v) is 2.22. The van der Waals surface area contributed by atoms with Gasteiger partial charge in [-0.2, -0.15) is 13.2 Å². The number of urea groups is 1. The number of amides is 2. The van der Waals surface area contributed by atoms with Crippen molar-refractivity contribution in [2.24, 2.45) is 5.92 Å². The summed E-state index contributed by atoms with van der Waals surface area (Å²) in [6.45, 7) is 1.58. The second-order valence-corrected chi connectivity index (χ2v) is 4.96. The van der Waals surface area contributed by atoms with Crippen LogP contribution in [0.25, 0.3) is 0 Å². The van der Waals surface area contributed by atoms with Crippen molar-refractivity contribution in [1.29, 1.82) is 0 Å². The molecule has 1 unspecified atom stereocenters. The van der Waals surface area contributed by atoms with Crippen molar-refractivity contribution in [2.75, 3.05) is 13.1 Å². The summed E-state index contributed by atoms with van der Waals surface area (Å²) in [7, 11) is 0. The van der Waals surface area contributed by atoms with Crippen LogP contribution in [0, 0.1) is 5.92 Å². The Kier molecular flexibility index (Phi) is 5.64. The van der Waals surface area contributed by atoms with Crippen LogP contribution < -0.4 is 5.32 Å². The van der Waals surface area contributed by atoms with Gasteiger partial charge in [-0.25, -0.2) is 9.59 Å². The van der Waals surface area contributed by atoms with Gasteiger partial charge in [0.15, 0.2) is 0 Å². The molecule has 1 fully saturated rings. The van der Waals surface area contributed by atoms with Gasteiger partial charge in [-0.1, -0.05) is 13.3 Å². The molecule has 8 heteroatoms. The van der Waals surface area contributed by atoms with Crippen molar-refractivity contribution >= 4 is 12.0 Å². The lowest BCUT2D eigenvalue weighted by Crippen LogP contribution is -2.52. The molecule has 0 saturated carbocycles. The first-order valence-corrected chi connectivity index (χ1v) is 6.60. The monoisotopic (exact) mass is 296 g/mol. The van der Waals surface area contributed by atoms with Crippen LogP contribution in [-0.2, 0) is 4.79 Å². The van der Waals surface area contributed by atoms with Crippen molar-refractivity contribution in [3.05, 3.63) is 0 Å². The molecule has 0 aromatic heterocycles. The summed E-state index contributed by atoms with van der Waals surface area (Å²) >= 11 is 0. The smallest absolute Gasteiger partial charge is 0.393 e. The molecule has 5 nitrogen and oxygen atoms in total. The lowest BCUT2D eigenvalue weighted by atomic mass is 9.98. The molecule has 116 valence electrons. The molecule has 2 amide bonds. The maximum absolute atomic E-state index is 12.6. The number of aliphatic carboxylic acids is 1. The van der Waals surface area contributed by atoms with Crippen molar-refractivity contribution in [3.8, 4) is 0 Å². The average molecular weight is 296 g/mol. The number of halogens is 3. The Morgan fingerprint density at radius 3 is 2.60 bits per heavy atom. The second-order valence-electron chi connectivity index (χ2n) is 4.96. The van der Waals surface area contributed by atoms with Crippen molar-refractivity contribution in [3.63, 3.8) is 0 Å². The number of carboxylic acid groups (broad SMARTS) is 1. The zero-order valence-electron chi connectivity index (χ0n) is 11.2. The first-order valence-electron chi connectivity index (χ1n) is 6.60.